The van der Waals surface area contributed by atoms with Crippen molar-refractivity contribution < 1.29 is 9.47 Å². The van der Waals surface area contributed by atoms with Crippen molar-refractivity contribution in [3.05, 3.63) is 54.1 Å². The van der Waals surface area contributed by atoms with Crippen LogP contribution in [0, 0.1) is 0 Å². The molecule has 160 valence electrons. The highest BCUT2D eigenvalue weighted by molar-refractivity contribution is 14.0. The van der Waals surface area contributed by atoms with Crippen molar-refractivity contribution in [1.29, 1.82) is 0 Å². The number of nitrogens with zero attached hydrogens (tertiary/aromatic N) is 2. The number of hydrogen-bond acceptors (Lipinski definition) is 4. The molecule has 0 aliphatic rings. The highest BCUT2D eigenvalue weighted by Gasteiger charge is 2.06. The van der Waals surface area contributed by atoms with Gasteiger partial charge in [0.25, 0.3) is 0 Å². The van der Waals surface area contributed by atoms with E-state index in [0.29, 0.717) is 6.54 Å². The third-order valence-electron chi connectivity index (χ3n) is 4.57. The lowest BCUT2D eigenvalue weighted by Crippen LogP contribution is -2.37. The van der Waals surface area contributed by atoms with Gasteiger partial charge in [-0.1, -0.05) is 18.2 Å². The first-order valence-corrected chi connectivity index (χ1v) is 9.59. The summed E-state index contributed by atoms with van der Waals surface area (Å²) in [4.78, 5) is 6.57. The SMILES string of the molecule is CN=C(NCCCCN(C)c1ccccc1)NCc1ccc(OC)cc1OC.I. The van der Waals surface area contributed by atoms with Crippen molar-refractivity contribution in [1.82, 2.24) is 10.6 Å². The lowest BCUT2D eigenvalue weighted by atomic mass is 10.2. The molecule has 7 heteroatoms. The van der Waals surface area contributed by atoms with Gasteiger partial charge >= 0.3 is 0 Å². The Balaban J connectivity index is 0.00000420. The number of nitrogens with one attached hydrogen (secondary N) is 2. The summed E-state index contributed by atoms with van der Waals surface area (Å²) in [5.74, 6) is 2.36. The van der Waals surface area contributed by atoms with Crippen molar-refractivity contribution >= 4 is 35.6 Å². The predicted molar refractivity (Wildman–Crippen MR) is 132 cm³/mol. The van der Waals surface area contributed by atoms with Crippen molar-refractivity contribution in [3.63, 3.8) is 0 Å². The Hall–Kier alpha value is -2.16. The third kappa shape index (κ3) is 8.39. The summed E-state index contributed by atoms with van der Waals surface area (Å²) in [7, 11) is 7.23. The zero-order chi connectivity index (χ0) is 20.2. The third-order valence-corrected chi connectivity index (χ3v) is 4.57. The number of para-hydroxylation sites is 1. The number of halogens is 1. The molecule has 0 unspecified atom stereocenters. The second kappa shape index (κ2) is 13.9. The number of hydrogen-bond donors (Lipinski definition) is 2. The van der Waals surface area contributed by atoms with Crippen LogP contribution in [-0.2, 0) is 6.54 Å². The van der Waals surface area contributed by atoms with E-state index < -0.39 is 0 Å². The molecule has 0 saturated carbocycles. The molecule has 2 aromatic rings. The van der Waals surface area contributed by atoms with Gasteiger partial charge in [-0.05, 0) is 37.1 Å². The smallest absolute Gasteiger partial charge is 0.191 e. The van der Waals surface area contributed by atoms with E-state index >= 15 is 0 Å². The van der Waals surface area contributed by atoms with Crippen LogP contribution in [0.5, 0.6) is 11.5 Å². The van der Waals surface area contributed by atoms with Gasteiger partial charge in [0.05, 0.1) is 14.2 Å². The van der Waals surface area contributed by atoms with Gasteiger partial charge in [0, 0.05) is 51.0 Å². The highest BCUT2D eigenvalue weighted by Crippen LogP contribution is 2.24. The van der Waals surface area contributed by atoms with Crippen LogP contribution in [0.15, 0.2) is 53.5 Å². The van der Waals surface area contributed by atoms with Crippen LogP contribution in [0.2, 0.25) is 0 Å². The standard InChI is InChI=1S/C22H32N4O2.HI/c1-23-22(25-17-18-12-13-20(27-3)16-21(18)28-4)24-14-8-9-15-26(2)19-10-6-5-7-11-19;/h5-7,10-13,16H,8-9,14-15,17H2,1-4H3,(H2,23,24,25);1H. The molecule has 0 aliphatic carbocycles. The van der Waals surface area contributed by atoms with E-state index in [1.54, 1.807) is 21.3 Å². The molecule has 6 nitrogen and oxygen atoms in total. The number of guanidine groups is 1. The molecule has 0 bridgehead atoms. The average Bonchev–Trinajstić information content (AvgIpc) is 2.75. The molecule has 0 atom stereocenters. The normalized spacial score (nSPS) is 10.7. The van der Waals surface area contributed by atoms with Gasteiger partial charge in [-0.15, -0.1) is 24.0 Å². The lowest BCUT2D eigenvalue weighted by molar-refractivity contribution is 0.390. The molecular formula is C22H33IN4O2. The van der Waals surface area contributed by atoms with Gasteiger partial charge in [-0.3, -0.25) is 4.99 Å². The second-order valence-electron chi connectivity index (χ2n) is 6.49. The fourth-order valence-electron chi connectivity index (χ4n) is 2.89. The Bertz CT molecular complexity index is 741. The molecular weight excluding hydrogens is 479 g/mol. The Morgan fingerprint density at radius 2 is 1.76 bits per heavy atom. The highest BCUT2D eigenvalue weighted by atomic mass is 127. The lowest BCUT2D eigenvalue weighted by Gasteiger charge is -2.19. The van der Waals surface area contributed by atoms with Gasteiger partial charge in [-0.25, -0.2) is 0 Å². The fraction of sp³-hybridized carbons (Fsp3) is 0.409. The number of benzene rings is 2. The maximum absolute atomic E-state index is 5.44. The van der Waals surface area contributed by atoms with Crippen molar-refractivity contribution in [2.75, 3.05) is 46.3 Å². The maximum atomic E-state index is 5.44. The van der Waals surface area contributed by atoms with Gasteiger partial charge < -0.3 is 25.0 Å². The minimum absolute atomic E-state index is 0. The number of anilines is 1. The molecule has 0 saturated heterocycles. The van der Waals surface area contributed by atoms with E-state index in [9.17, 15) is 0 Å². The van der Waals surface area contributed by atoms with Crippen LogP contribution in [-0.4, -0.2) is 47.4 Å². The summed E-state index contributed by atoms with van der Waals surface area (Å²) in [6, 6.07) is 16.3. The summed E-state index contributed by atoms with van der Waals surface area (Å²) in [5.41, 5.74) is 2.30. The molecule has 2 rings (SSSR count). The monoisotopic (exact) mass is 512 g/mol. The Morgan fingerprint density at radius 1 is 1.00 bits per heavy atom. The molecule has 0 heterocycles. The molecule has 0 aliphatic heterocycles. The molecule has 2 N–H and O–H groups in total. The van der Waals surface area contributed by atoms with Crippen LogP contribution >= 0.6 is 24.0 Å². The van der Waals surface area contributed by atoms with E-state index in [2.05, 4.69) is 51.8 Å². The van der Waals surface area contributed by atoms with E-state index in [-0.39, 0.29) is 24.0 Å². The summed E-state index contributed by atoms with van der Waals surface area (Å²) >= 11 is 0. The summed E-state index contributed by atoms with van der Waals surface area (Å²) in [6.07, 6.45) is 2.19. The largest absolute Gasteiger partial charge is 0.497 e. The van der Waals surface area contributed by atoms with Crippen molar-refractivity contribution in [3.8, 4) is 11.5 Å². The van der Waals surface area contributed by atoms with Crippen molar-refractivity contribution in [2.24, 2.45) is 4.99 Å². The topological polar surface area (TPSA) is 58.1 Å². The van der Waals surface area contributed by atoms with Crippen LogP contribution in [0.1, 0.15) is 18.4 Å². The van der Waals surface area contributed by atoms with Crippen molar-refractivity contribution in [2.45, 2.75) is 19.4 Å². The molecule has 0 fully saturated rings. The zero-order valence-corrected chi connectivity index (χ0v) is 20.1. The number of rotatable bonds is 10. The van der Waals surface area contributed by atoms with Crippen LogP contribution < -0.4 is 25.0 Å². The Morgan fingerprint density at radius 3 is 2.41 bits per heavy atom. The van der Waals surface area contributed by atoms with Gasteiger partial charge in [-0.2, -0.15) is 0 Å². The molecule has 0 radical (unpaired) electrons. The van der Waals surface area contributed by atoms with Crippen LogP contribution in [0.3, 0.4) is 0 Å². The number of methoxy groups -OCH3 is 2. The maximum Gasteiger partial charge on any atom is 0.191 e. The molecule has 2 aromatic carbocycles. The molecule has 0 amide bonds. The van der Waals surface area contributed by atoms with Gasteiger partial charge in [0.2, 0.25) is 0 Å². The van der Waals surface area contributed by atoms with Gasteiger partial charge in [0.1, 0.15) is 11.5 Å². The summed E-state index contributed by atoms with van der Waals surface area (Å²) in [5, 5.41) is 6.70. The first-order valence-electron chi connectivity index (χ1n) is 9.59. The fourth-order valence-corrected chi connectivity index (χ4v) is 2.89. The average molecular weight is 512 g/mol. The molecule has 29 heavy (non-hydrogen) atoms. The zero-order valence-electron chi connectivity index (χ0n) is 17.8. The summed E-state index contributed by atoms with van der Waals surface area (Å²) in [6.45, 7) is 2.53. The minimum Gasteiger partial charge on any atom is -0.497 e. The quantitative estimate of drug-likeness (QED) is 0.219. The van der Waals surface area contributed by atoms with Crippen LogP contribution in [0.4, 0.5) is 5.69 Å². The van der Waals surface area contributed by atoms with E-state index in [0.717, 1.165) is 49.0 Å². The number of aliphatic imine (C=N–C) groups is 1. The first kappa shape index (κ1) is 24.9. The first-order chi connectivity index (χ1) is 13.7. The predicted octanol–water partition coefficient (Wildman–Crippen LogP) is 3.90. The van der Waals surface area contributed by atoms with E-state index in [1.165, 1.54) is 5.69 Å². The molecule has 0 aromatic heterocycles. The Labute approximate surface area is 191 Å². The Kier molecular flexibility index (Phi) is 11.9. The minimum atomic E-state index is 0. The van der Waals surface area contributed by atoms with Crippen LogP contribution in [0.25, 0.3) is 0 Å². The summed E-state index contributed by atoms with van der Waals surface area (Å²) < 4.78 is 10.7. The van der Waals surface area contributed by atoms with E-state index in [4.69, 9.17) is 9.47 Å². The second-order valence-corrected chi connectivity index (χ2v) is 6.49. The van der Waals surface area contributed by atoms with Gasteiger partial charge in [0.15, 0.2) is 5.96 Å². The number of ether oxygens (including phenoxy) is 2. The molecule has 0 spiro atoms. The number of unbranched alkanes of at least 4 members (excludes halogenated alkanes) is 1. The van der Waals surface area contributed by atoms with E-state index in [1.807, 2.05) is 24.3 Å².